The smallest absolute Gasteiger partial charge is 0.226 e. The lowest BCUT2D eigenvalue weighted by Crippen LogP contribution is -2.33. The molecule has 0 unspecified atom stereocenters. The highest BCUT2D eigenvalue weighted by Gasteiger charge is 2.41. The third-order valence-electron chi connectivity index (χ3n) is 7.22. The van der Waals surface area contributed by atoms with E-state index in [1.807, 2.05) is 80.1 Å². The van der Waals surface area contributed by atoms with Crippen LogP contribution >= 0.6 is 12.2 Å². The van der Waals surface area contributed by atoms with Crippen LogP contribution in [0.5, 0.6) is 0 Å². The summed E-state index contributed by atoms with van der Waals surface area (Å²) in [6.07, 6.45) is 5.77. The second-order valence-corrected chi connectivity index (χ2v) is 10.1. The Balaban J connectivity index is 1.43. The van der Waals surface area contributed by atoms with Crippen molar-refractivity contribution < 1.29 is 4.79 Å². The second kappa shape index (κ2) is 11.1. The van der Waals surface area contributed by atoms with Gasteiger partial charge >= 0.3 is 0 Å². The summed E-state index contributed by atoms with van der Waals surface area (Å²) < 4.78 is 2.32. The molecule has 0 aliphatic carbocycles. The van der Waals surface area contributed by atoms with Crippen molar-refractivity contribution in [1.29, 1.82) is 0 Å². The number of aromatic nitrogens is 3. The Morgan fingerprint density at radius 3 is 2.53 bits per heavy atom. The summed E-state index contributed by atoms with van der Waals surface area (Å²) in [6.45, 7) is 7.53. The molecule has 4 heterocycles. The van der Waals surface area contributed by atoms with Crippen LogP contribution in [0.25, 0.3) is 0 Å². The topological polar surface area (TPSA) is 75.1 Å². The number of thiocarbonyl (C=S) groups is 1. The number of para-hydroxylation sites is 1. The molecule has 3 aromatic heterocycles. The lowest BCUT2D eigenvalue weighted by atomic mass is 9.96. The van der Waals surface area contributed by atoms with Crippen LogP contribution in [0.4, 0.5) is 5.69 Å². The SMILES string of the molecule is Cc1ccccc1NC(=O)CCN1C(=S)N[C@H](c2ccccn2)[C@H]1c1cc(C)n(Cc2ccncc2)c1C. The van der Waals surface area contributed by atoms with Crippen LogP contribution in [0.3, 0.4) is 0 Å². The van der Waals surface area contributed by atoms with Gasteiger partial charge in [-0.15, -0.1) is 0 Å². The fourth-order valence-electron chi connectivity index (χ4n) is 5.17. The first-order valence-electron chi connectivity index (χ1n) is 12.8. The summed E-state index contributed by atoms with van der Waals surface area (Å²) in [5, 5.41) is 7.18. The number of nitrogens with one attached hydrogen (secondary N) is 2. The number of rotatable bonds is 8. The summed E-state index contributed by atoms with van der Waals surface area (Å²) in [5.74, 6) is -0.0368. The van der Waals surface area contributed by atoms with Crippen LogP contribution in [-0.4, -0.2) is 37.0 Å². The number of hydrogen-bond acceptors (Lipinski definition) is 4. The van der Waals surface area contributed by atoms with E-state index in [1.54, 1.807) is 0 Å². The first kappa shape index (κ1) is 25.6. The minimum absolute atomic E-state index is 0.0368. The van der Waals surface area contributed by atoms with E-state index in [1.165, 1.54) is 22.5 Å². The van der Waals surface area contributed by atoms with E-state index in [-0.39, 0.29) is 18.0 Å². The van der Waals surface area contributed by atoms with Crippen LogP contribution in [0.2, 0.25) is 0 Å². The number of hydrogen-bond donors (Lipinski definition) is 2. The van der Waals surface area contributed by atoms with E-state index >= 15 is 0 Å². The molecule has 38 heavy (non-hydrogen) atoms. The van der Waals surface area contributed by atoms with E-state index in [0.29, 0.717) is 18.1 Å². The zero-order valence-corrected chi connectivity index (χ0v) is 22.7. The summed E-state index contributed by atoms with van der Waals surface area (Å²) >= 11 is 5.83. The Kier molecular flexibility index (Phi) is 7.51. The molecule has 1 aliphatic heterocycles. The van der Waals surface area contributed by atoms with Gasteiger partial charge in [-0.2, -0.15) is 0 Å². The molecule has 7 nitrogen and oxygen atoms in total. The van der Waals surface area contributed by atoms with Crippen LogP contribution in [0, 0.1) is 20.8 Å². The summed E-state index contributed by atoms with van der Waals surface area (Å²) in [6, 6.07) is 19.8. The number of anilines is 1. The van der Waals surface area contributed by atoms with Gasteiger partial charge < -0.3 is 20.1 Å². The molecule has 0 bridgehead atoms. The number of carbonyl (C=O) groups excluding carboxylic acids is 1. The van der Waals surface area contributed by atoms with Crippen molar-refractivity contribution in [3.63, 3.8) is 0 Å². The molecule has 1 saturated heterocycles. The molecular weight excluding hydrogens is 492 g/mol. The van der Waals surface area contributed by atoms with Crippen molar-refractivity contribution in [2.75, 3.05) is 11.9 Å². The van der Waals surface area contributed by atoms with Crippen molar-refractivity contribution in [1.82, 2.24) is 24.8 Å². The summed E-state index contributed by atoms with van der Waals surface area (Å²) in [4.78, 5) is 23.9. The van der Waals surface area contributed by atoms with Crippen LogP contribution in [-0.2, 0) is 11.3 Å². The fraction of sp³-hybridized carbons (Fsp3) is 0.267. The number of amides is 1. The average Bonchev–Trinajstić information content (AvgIpc) is 3.40. The highest BCUT2D eigenvalue weighted by Crippen LogP contribution is 2.41. The van der Waals surface area contributed by atoms with Crippen molar-refractivity contribution in [3.05, 3.63) is 113 Å². The van der Waals surface area contributed by atoms with Gasteiger partial charge in [0.05, 0.1) is 17.8 Å². The van der Waals surface area contributed by atoms with Gasteiger partial charge in [-0.05, 0) is 86.1 Å². The first-order chi connectivity index (χ1) is 18.4. The Hall–Kier alpha value is -4.04. The van der Waals surface area contributed by atoms with Crippen LogP contribution in [0.15, 0.2) is 79.3 Å². The molecule has 2 atom stereocenters. The Bertz CT molecular complexity index is 1440. The van der Waals surface area contributed by atoms with Gasteiger partial charge in [0.25, 0.3) is 0 Å². The molecule has 0 radical (unpaired) electrons. The lowest BCUT2D eigenvalue weighted by Gasteiger charge is -2.28. The standard InChI is InChI=1S/C30H32N6OS/c1-20-8-4-5-9-25(20)33-27(37)13-17-35-29(28(34-30(35)38)26-10-6-7-14-32-26)24-18-21(2)36(22(24)3)19-23-11-15-31-16-12-23/h4-12,14-16,18,28-29H,13,17,19H2,1-3H3,(H,33,37)(H,34,38)/t28-,29-/m1/s1. The van der Waals surface area contributed by atoms with Gasteiger partial charge in [-0.1, -0.05) is 24.3 Å². The zero-order valence-electron chi connectivity index (χ0n) is 21.9. The molecule has 0 saturated carbocycles. The lowest BCUT2D eigenvalue weighted by molar-refractivity contribution is -0.116. The minimum atomic E-state index is -0.127. The molecule has 0 spiro atoms. The third kappa shape index (κ3) is 5.31. The molecule has 1 aliphatic rings. The number of benzene rings is 1. The quantitative estimate of drug-likeness (QED) is 0.307. The van der Waals surface area contributed by atoms with Crippen molar-refractivity contribution in [2.24, 2.45) is 0 Å². The van der Waals surface area contributed by atoms with E-state index in [9.17, 15) is 4.79 Å². The molecular formula is C30H32N6OS. The number of nitrogens with zero attached hydrogens (tertiary/aromatic N) is 4. The predicted octanol–water partition coefficient (Wildman–Crippen LogP) is 5.25. The van der Waals surface area contributed by atoms with E-state index in [4.69, 9.17) is 12.2 Å². The molecule has 1 fully saturated rings. The van der Waals surface area contributed by atoms with Crippen LogP contribution in [0.1, 0.15) is 52.3 Å². The van der Waals surface area contributed by atoms with E-state index < -0.39 is 0 Å². The maximum absolute atomic E-state index is 12.9. The monoisotopic (exact) mass is 524 g/mol. The fourth-order valence-corrected chi connectivity index (χ4v) is 5.51. The van der Waals surface area contributed by atoms with E-state index in [0.717, 1.165) is 23.5 Å². The zero-order chi connectivity index (χ0) is 26.6. The van der Waals surface area contributed by atoms with Gasteiger partial charge in [-0.3, -0.25) is 14.8 Å². The second-order valence-electron chi connectivity index (χ2n) is 9.70. The Labute approximate surface area is 228 Å². The minimum Gasteiger partial charge on any atom is -0.352 e. The number of aryl methyl sites for hydroxylation is 2. The van der Waals surface area contributed by atoms with Gasteiger partial charge in [-0.25, -0.2) is 0 Å². The largest absolute Gasteiger partial charge is 0.352 e. The van der Waals surface area contributed by atoms with Gasteiger partial charge in [0.2, 0.25) is 5.91 Å². The number of pyridine rings is 2. The molecule has 4 aromatic rings. The molecule has 194 valence electrons. The third-order valence-corrected chi connectivity index (χ3v) is 7.57. The van der Waals surface area contributed by atoms with Crippen LogP contribution < -0.4 is 10.6 Å². The maximum atomic E-state index is 12.9. The molecule has 8 heteroatoms. The maximum Gasteiger partial charge on any atom is 0.226 e. The highest BCUT2D eigenvalue weighted by atomic mass is 32.1. The average molecular weight is 525 g/mol. The van der Waals surface area contributed by atoms with Crippen molar-refractivity contribution >= 4 is 28.9 Å². The normalized spacial score (nSPS) is 16.9. The molecule has 1 amide bonds. The summed E-state index contributed by atoms with van der Waals surface area (Å²) in [7, 11) is 0. The van der Waals surface area contributed by atoms with Crippen molar-refractivity contribution in [2.45, 2.75) is 45.8 Å². The molecule has 5 rings (SSSR count). The molecule has 2 N–H and O–H groups in total. The van der Waals surface area contributed by atoms with Gasteiger partial charge in [0, 0.05) is 55.2 Å². The number of carbonyl (C=O) groups is 1. The summed E-state index contributed by atoms with van der Waals surface area (Å²) in [5.41, 5.74) is 7.51. The van der Waals surface area contributed by atoms with Gasteiger partial charge in [0.15, 0.2) is 5.11 Å². The molecule has 1 aromatic carbocycles. The van der Waals surface area contributed by atoms with Gasteiger partial charge in [0.1, 0.15) is 0 Å². The Morgan fingerprint density at radius 2 is 1.79 bits per heavy atom. The Morgan fingerprint density at radius 1 is 1.03 bits per heavy atom. The first-order valence-corrected chi connectivity index (χ1v) is 13.2. The van der Waals surface area contributed by atoms with Crippen molar-refractivity contribution in [3.8, 4) is 0 Å². The van der Waals surface area contributed by atoms with E-state index in [2.05, 4.69) is 50.0 Å². The highest BCUT2D eigenvalue weighted by molar-refractivity contribution is 7.80. The predicted molar refractivity (Wildman–Crippen MR) is 154 cm³/mol.